The highest BCUT2D eigenvalue weighted by Crippen LogP contribution is 2.23. The summed E-state index contributed by atoms with van der Waals surface area (Å²) in [6, 6.07) is 5.11. The fraction of sp³-hybridized carbons (Fsp3) is 0.571. The van der Waals surface area contributed by atoms with Crippen molar-refractivity contribution in [3.05, 3.63) is 29.6 Å². The number of hydrogen-bond donors (Lipinski definition) is 1. The number of halogens is 1. The lowest BCUT2D eigenvalue weighted by Crippen LogP contribution is -2.29. The Balaban J connectivity index is 2.20. The van der Waals surface area contributed by atoms with Gasteiger partial charge in [0.05, 0.1) is 0 Å². The van der Waals surface area contributed by atoms with Crippen molar-refractivity contribution < 1.29 is 4.39 Å². The fourth-order valence-corrected chi connectivity index (χ4v) is 2.48. The Morgan fingerprint density at radius 2 is 2.06 bits per heavy atom. The molecule has 18 heavy (non-hydrogen) atoms. The lowest BCUT2D eigenvalue weighted by atomic mass is 10.1. The summed E-state index contributed by atoms with van der Waals surface area (Å²) in [4.78, 5) is 4.72. The summed E-state index contributed by atoms with van der Waals surface area (Å²) in [7, 11) is 4.05. The average molecular weight is 251 g/mol. The van der Waals surface area contributed by atoms with Gasteiger partial charge in [0.25, 0.3) is 0 Å². The summed E-state index contributed by atoms with van der Waals surface area (Å²) in [5.41, 5.74) is 2.21. The Morgan fingerprint density at radius 3 is 2.83 bits per heavy atom. The molecule has 4 heteroatoms. The van der Waals surface area contributed by atoms with Crippen molar-refractivity contribution in [2.45, 2.75) is 13.0 Å². The first kappa shape index (κ1) is 13.3. The van der Waals surface area contributed by atoms with E-state index < -0.39 is 0 Å². The quantitative estimate of drug-likeness (QED) is 0.882. The summed E-state index contributed by atoms with van der Waals surface area (Å²) >= 11 is 0. The minimum absolute atomic E-state index is 0.157. The van der Waals surface area contributed by atoms with Crippen LogP contribution in [0.3, 0.4) is 0 Å². The number of benzene rings is 1. The molecule has 1 fully saturated rings. The summed E-state index contributed by atoms with van der Waals surface area (Å²) in [5, 5.41) is 3.11. The molecule has 3 nitrogen and oxygen atoms in total. The van der Waals surface area contributed by atoms with Gasteiger partial charge in [0.15, 0.2) is 0 Å². The van der Waals surface area contributed by atoms with E-state index in [9.17, 15) is 4.39 Å². The molecule has 0 atom stereocenters. The summed E-state index contributed by atoms with van der Waals surface area (Å²) in [6.07, 6.45) is 1.16. The number of anilines is 1. The van der Waals surface area contributed by atoms with Gasteiger partial charge in [-0.1, -0.05) is 0 Å². The van der Waals surface area contributed by atoms with Crippen LogP contribution in [0.4, 0.5) is 10.1 Å². The van der Waals surface area contributed by atoms with Crippen molar-refractivity contribution >= 4 is 5.69 Å². The maximum atomic E-state index is 13.3. The summed E-state index contributed by atoms with van der Waals surface area (Å²) in [6.45, 7) is 4.97. The van der Waals surface area contributed by atoms with Crippen LogP contribution in [-0.4, -0.2) is 45.2 Å². The van der Waals surface area contributed by atoms with Crippen LogP contribution >= 0.6 is 0 Å². The van der Waals surface area contributed by atoms with Gasteiger partial charge in [0.1, 0.15) is 5.82 Å². The molecule has 0 amide bonds. The van der Waals surface area contributed by atoms with Crippen LogP contribution in [0.1, 0.15) is 12.0 Å². The molecule has 100 valence electrons. The van der Waals surface area contributed by atoms with Crippen molar-refractivity contribution in [3.63, 3.8) is 0 Å². The molecule has 0 aliphatic carbocycles. The molecular weight excluding hydrogens is 229 g/mol. The van der Waals surface area contributed by atoms with E-state index in [1.54, 1.807) is 12.1 Å². The molecule has 1 heterocycles. The molecule has 1 aliphatic heterocycles. The van der Waals surface area contributed by atoms with Gasteiger partial charge >= 0.3 is 0 Å². The molecule has 2 rings (SSSR count). The molecule has 1 saturated heterocycles. The van der Waals surface area contributed by atoms with E-state index >= 15 is 0 Å². The van der Waals surface area contributed by atoms with E-state index in [4.69, 9.17) is 0 Å². The van der Waals surface area contributed by atoms with Crippen LogP contribution in [0.25, 0.3) is 0 Å². The van der Waals surface area contributed by atoms with Crippen LogP contribution < -0.4 is 10.2 Å². The first-order valence-corrected chi connectivity index (χ1v) is 6.57. The Morgan fingerprint density at radius 1 is 1.22 bits per heavy atom. The number of hydrogen-bond acceptors (Lipinski definition) is 3. The van der Waals surface area contributed by atoms with Crippen LogP contribution in [-0.2, 0) is 6.54 Å². The minimum atomic E-state index is -0.157. The topological polar surface area (TPSA) is 18.5 Å². The van der Waals surface area contributed by atoms with Gasteiger partial charge in [-0.2, -0.15) is 0 Å². The van der Waals surface area contributed by atoms with Crippen LogP contribution in [0.2, 0.25) is 0 Å². The van der Waals surface area contributed by atoms with Crippen molar-refractivity contribution in [1.29, 1.82) is 0 Å². The lowest BCUT2D eigenvalue weighted by molar-refractivity contribution is 0.360. The van der Waals surface area contributed by atoms with Crippen molar-refractivity contribution in [3.8, 4) is 0 Å². The van der Waals surface area contributed by atoms with E-state index in [1.165, 1.54) is 5.69 Å². The molecule has 1 N–H and O–H groups in total. The monoisotopic (exact) mass is 251 g/mol. The highest BCUT2D eigenvalue weighted by molar-refractivity contribution is 5.54. The van der Waals surface area contributed by atoms with E-state index in [-0.39, 0.29) is 5.82 Å². The standard InChI is InChI=1S/C14H22FN3/c1-16-11-12-10-13(15)4-5-14(12)18-7-3-6-17(2)8-9-18/h4-5,10,16H,3,6-9,11H2,1-2H3. The average Bonchev–Trinajstić information content (AvgIpc) is 2.55. The molecule has 1 aliphatic rings. The van der Waals surface area contributed by atoms with Gasteiger partial charge in [-0.25, -0.2) is 4.39 Å². The molecule has 0 aromatic heterocycles. The van der Waals surface area contributed by atoms with Gasteiger partial charge in [-0.05, 0) is 50.8 Å². The third-order valence-electron chi connectivity index (χ3n) is 3.47. The molecule has 0 saturated carbocycles. The molecule has 0 bridgehead atoms. The van der Waals surface area contributed by atoms with Crippen LogP contribution in [0, 0.1) is 5.82 Å². The number of nitrogens with one attached hydrogen (secondary N) is 1. The largest absolute Gasteiger partial charge is 0.370 e. The first-order valence-electron chi connectivity index (χ1n) is 6.57. The molecule has 0 unspecified atom stereocenters. The number of likely N-dealkylation sites (N-methyl/N-ethyl adjacent to an activating group) is 1. The second-order valence-electron chi connectivity index (χ2n) is 4.95. The Kier molecular flexibility index (Phi) is 4.55. The van der Waals surface area contributed by atoms with E-state index in [0.717, 1.165) is 38.2 Å². The van der Waals surface area contributed by atoms with Gasteiger partial charge in [-0.15, -0.1) is 0 Å². The first-order chi connectivity index (χ1) is 8.70. The molecule has 1 aromatic rings. The van der Waals surface area contributed by atoms with E-state index in [2.05, 4.69) is 22.2 Å². The van der Waals surface area contributed by atoms with Crippen LogP contribution in [0.15, 0.2) is 18.2 Å². The number of nitrogens with zero attached hydrogens (tertiary/aromatic N) is 2. The Labute approximate surface area is 109 Å². The Hall–Kier alpha value is -1.13. The normalized spacial score (nSPS) is 17.8. The number of rotatable bonds is 3. The summed E-state index contributed by atoms with van der Waals surface area (Å²) in [5.74, 6) is -0.157. The zero-order valence-electron chi connectivity index (χ0n) is 11.2. The summed E-state index contributed by atoms with van der Waals surface area (Å²) < 4.78 is 13.3. The third kappa shape index (κ3) is 3.21. The van der Waals surface area contributed by atoms with E-state index in [1.807, 2.05) is 13.1 Å². The zero-order chi connectivity index (χ0) is 13.0. The van der Waals surface area contributed by atoms with E-state index in [0.29, 0.717) is 6.54 Å². The molecule has 0 spiro atoms. The van der Waals surface area contributed by atoms with Crippen molar-refractivity contribution in [2.75, 3.05) is 45.2 Å². The molecular formula is C14H22FN3. The zero-order valence-corrected chi connectivity index (χ0v) is 11.2. The smallest absolute Gasteiger partial charge is 0.123 e. The Bertz CT molecular complexity index is 395. The SMILES string of the molecule is CNCc1cc(F)ccc1N1CCCN(C)CC1. The predicted octanol–water partition coefficient (Wildman–Crippen LogP) is 1.69. The van der Waals surface area contributed by atoms with Gasteiger partial charge in [0.2, 0.25) is 0 Å². The maximum absolute atomic E-state index is 13.3. The lowest BCUT2D eigenvalue weighted by Gasteiger charge is -2.25. The highest BCUT2D eigenvalue weighted by atomic mass is 19.1. The molecule has 0 radical (unpaired) electrons. The predicted molar refractivity (Wildman–Crippen MR) is 73.5 cm³/mol. The fourth-order valence-electron chi connectivity index (χ4n) is 2.48. The second kappa shape index (κ2) is 6.16. The van der Waals surface area contributed by atoms with Gasteiger partial charge < -0.3 is 15.1 Å². The minimum Gasteiger partial charge on any atom is -0.370 e. The van der Waals surface area contributed by atoms with Gasteiger partial charge in [-0.3, -0.25) is 0 Å². The van der Waals surface area contributed by atoms with Crippen molar-refractivity contribution in [2.24, 2.45) is 0 Å². The third-order valence-corrected chi connectivity index (χ3v) is 3.47. The van der Waals surface area contributed by atoms with Gasteiger partial charge in [0, 0.05) is 31.9 Å². The maximum Gasteiger partial charge on any atom is 0.123 e. The second-order valence-corrected chi connectivity index (χ2v) is 4.95. The van der Waals surface area contributed by atoms with Crippen molar-refractivity contribution in [1.82, 2.24) is 10.2 Å². The van der Waals surface area contributed by atoms with Crippen LogP contribution in [0.5, 0.6) is 0 Å². The highest BCUT2D eigenvalue weighted by Gasteiger charge is 2.15. The molecule has 1 aromatic carbocycles.